The minimum atomic E-state index is -0.424. The second kappa shape index (κ2) is 10.4. The lowest BCUT2D eigenvalue weighted by Gasteiger charge is -2.09. The highest BCUT2D eigenvalue weighted by atomic mass is 16.5. The third kappa shape index (κ3) is 5.06. The largest absolute Gasteiger partial charge is 0.497 e. The molecule has 0 saturated carbocycles. The monoisotopic (exact) mass is 490 g/mol. The van der Waals surface area contributed by atoms with E-state index in [1.165, 1.54) is 6.21 Å². The third-order valence-electron chi connectivity index (χ3n) is 6.04. The molecule has 37 heavy (non-hydrogen) atoms. The predicted molar refractivity (Wildman–Crippen MR) is 146 cm³/mol. The van der Waals surface area contributed by atoms with Gasteiger partial charge in [0.05, 0.1) is 31.8 Å². The number of carbonyl (C=O) groups is 1. The fourth-order valence-electron chi connectivity index (χ4n) is 4.16. The first kappa shape index (κ1) is 23.8. The van der Waals surface area contributed by atoms with Crippen molar-refractivity contribution < 1.29 is 14.3 Å². The van der Waals surface area contributed by atoms with Crippen molar-refractivity contribution in [3.05, 3.63) is 108 Å². The topological polar surface area (TPSA) is 77.7 Å². The SMILES string of the molecule is COc1ccc(OC)c(/C=N\NC(=O)c2cc(-c3ccc4ccccc4c3)n(-c3cccc(C)c3)n2)c1. The van der Waals surface area contributed by atoms with Crippen LogP contribution in [0.5, 0.6) is 11.5 Å². The smallest absolute Gasteiger partial charge is 0.291 e. The number of hydrogen-bond acceptors (Lipinski definition) is 5. The first-order valence-corrected chi connectivity index (χ1v) is 11.8. The van der Waals surface area contributed by atoms with Crippen LogP contribution in [0.3, 0.4) is 0 Å². The molecule has 184 valence electrons. The molecule has 1 amide bonds. The molecule has 0 saturated heterocycles. The van der Waals surface area contributed by atoms with Gasteiger partial charge in [-0.15, -0.1) is 0 Å². The average Bonchev–Trinajstić information content (AvgIpc) is 3.38. The van der Waals surface area contributed by atoms with Gasteiger partial charge >= 0.3 is 0 Å². The van der Waals surface area contributed by atoms with Gasteiger partial charge in [0.2, 0.25) is 0 Å². The fraction of sp³-hybridized carbons (Fsp3) is 0.100. The number of hydrogen-bond donors (Lipinski definition) is 1. The van der Waals surface area contributed by atoms with Crippen molar-refractivity contribution in [2.75, 3.05) is 14.2 Å². The number of fused-ring (bicyclic) bond motifs is 1. The Kier molecular flexibility index (Phi) is 6.68. The Morgan fingerprint density at radius 2 is 1.73 bits per heavy atom. The van der Waals surface area contributed by atoms with Gasteiger partial charge in [-0.05, 0) is 65.7 Å². The van der Waals surface area contributed by atoms with Gasteiger partial charge < -0.3 is 9.47 Å². The molecule has 0 aliphatic heterocycles. The molecule has 1 heterocycles. The highest BCUT2D eigenvalue weighted by Gasteiger charge is 2.17. The van der Waals surface area contributed by atoms with E-state index in [0.29, 0.717) is 17.1 Å². The molecule has 4 aromatic carbocycles. The Labute approximate surface area is 215 Å². The second-order valence-electron chi connectivity index (χ2n) is 8.53. The van der Waals surface area contributed by atoms with Crippen LogP contribution in [0.25, 0.3) is 27.7 Å². The van der Waals surface area contributed by atoms with E-state index in [1.54, 1.807) is 43.2 Å². The lowest BCUT2D eigenvalue weighted by Crippen LogP contribution is -2.18. The molecule has 0 radical (unpaired) electrons. The second-order valence-corrected chi connectivity index (χ2v) is 8.53. The molecule has 1 N–H and O–H groups in total. The van der Waals surface area contributed by atoms with Crippen molar-refractivity contribution in [2.45, 2.75) is 6.92 Å². The maximum Gasteiger partial charge on any atom is 0.291 e. The summed E-state index contributed by atoms with van der Waals surface area (Å²) in [4.78, 5) is 13.1. The lowest BCUT2D eigenvalue weighted by atomic mass is 10.0. The minimum absolute atomic E-state index is 0.249. The molecule has 0 unspecified atom stereocenters. The highest BCUT2D eigenvalue weighted by Crippen LogP contribution is 2.28. The number of hydrazone groups is 1. The summed E-state index contributed by atoms with van der Waals surface area (Å²) in [5.74, 6) is 0.846. The number of ether oxygens (including phenoxy) is 2. The summed E-state index contributed by atoms with van der Waals surface area (Å²) in [6, 6.07) is 29.5. The molecular weight excluding hydrogens is 464 g/mol. The minimum Gasteiger partial charge on any atom is -0.497 e. The van der Waals surface area contributed by atoms with Gasteiger partial charge in [-0.2, -0.15) is 10.2 Å². The third-order valence-corrected chi connectivity index (χ3v) is 6.04. The van der Waals surface area contributed by atoms with E-state index in [2.05, 4.69) is 39.9 Å². The molecule has 7 nitrogen and oxygen atoms in total. The molecule has 5 rings (SSSR count). The molecule has 7 heteroatoms. The number of methoxy groups -OCH3 is 2. The normalized spacial score (nSPS) is 11.1. The molecule has 0 spiro atoms. The van der Waals surface area contributed by atoms with Gasteiger partial charge in [-0.25, -0.2) is 10.1 Å². The van der Waals surface area contributed by atoms with Crippen LogP contribution >= 0.6 is 0 Å². The number of rotatable bonds is 7. The number of nitrogens with one attached hydrogen (secondary N) is 1. The summed E-state index contributed by atoms with van der Waals surface area (Å²) >= 11 is 0. The summed E-state index contributed by atoms with van der Waals surface area (Å²) in [5, 5.41) is 11.0. The maximum atomic E-state index is 13.1. The van der Waals surface area contributed by atoms with Crippen molar-refractivity contribution in [1.82, 2.24) is 15.2 Å². The number of amides is 1. The zero-order valence-corrected chi connectivity index (χ0v) is 20.8. The molecule has 0 bridgehead atoms. The van der Waals surface area contributed by atoms with E-state index in [4.69, 9.17) is 9.47 Å². The number of nitrogens with zero attached hydrogens (tertiary/aromatic N) is 3. The first-order valence-electron chi connectivity index (χ1n) is 11.8. The van der Waals surface area contributed by atoms with Crippen molar-refractivity contribution in [3.8, 4) is 28.4 Å². The van der Waals surface area contributed by atoms with Crippen molar-refractivity contribution in [1.29, 1.82) is 0 Å². The van der Waals surface area contributed by atoms with Gasteiger partial charge in [-0.3, -0.25) is 4.79 Å². The standard InChI is InChI=1S/C30H26N4O3/c1-20-7-6-10-25(15-20)34-28(23-12-11-21-8-4-5-9-22(21)16-23)18-27(33-34)30(35)32-31-19-24-17-26(36-2)13-14-29(24)37-3/h4-19H,1-3H3,(H,32,35)/b31-19-. The van der Waals surface area contributed by atoms with Gasteiger partial charge in [0.1, 0.15) is 11.5 Å². The van der Waals surface area contributed by atoms with Crippen LogP contribution in [0.15, 0.2) is 96.1 Å². The number of carbonyl (C=O) groups excluding carboxylic acids is 1. The zero-order chi connectivity index (χ0) is 25.8. The maximum absolute atomic E-state index is 13.1. The van der Waals surface area contributed by atoms with Crippen LogP contribution in [0, 0.1) is 6.92 Å². The summed E-state index contributed by atoms with van der Waals surface area (Å²) < 4.78 is 12.4. The quantitative estimate of drug-likeness (QED) is 0.232. The van der Waals surface area contributed by atoms with Gasteiger partial charge in [0.25, 0.3) is 5.91 Å². The Hall–Kier alpha value is -4.91. The van der Waals surface area contributed by atoms with Crippen LogP contribution in [0.1, 0.15) is 21.6 Å². The Bertz CT molecular complexity index is 1620. The Balaban J connectivity index is 1.49. The van der Waals surface area contributed by atoms with Crippen LogP contribution in [0.2, 0.25) is 0 Å². The Morgan fingerprint density at radius 3 is 2.51 bits per heavy atom. The van der Waals surface area contributed by atoms with Gasteiger partial charge in [-0.1, -0.05) is 48.5 Å². The summed E-state index contributed by atoms with van der Waals surface area (Å²) in [6.45, 7) is 2.03. The molecule has 5 aromatic rings. The summed E-state index contributed by atoms with van der Waals surface area (Å²) in [6.07, 6.45) is 1.51. The number of aromatic nitrogens is 2. The molecule has 1 aromatic heterocycles. The van der Waals surface area contributed by atoms with Gasteiger partial charge in [0.15, 0.2) is 5.69 Å². The molecular formula is C30H26N4O3. The van der Waals surface area contributed by atoms with Crippen molar-refractivity contribution >= 4 is 22.9 Å². The average molecular weight is 491 g/mol. The number of benzene rings is 4. The van der Waals surface area contributed by atoms with Crippen LogP contribution < -0.4 is 14.9 Å². The molecule has 0 aliphatic rings. The van der Waals surface area contributed by atoms with Gasteiger partial charge in [0, 0.05) is 11.1 Å². The fourth-order valence-corrected chi connectivity index (χ4v) is 4.16. The Morgan fingerprint density at radius 1 is 0.892 bits per heavy atom. The van der Waals surface area contributed by atoms with Crippen molar-refractivity contribution in [3.63, 3.8) is 0 Å². The van der Waals surface area contributed by atoms with E-state index in [1.807, 2.05) is 49.4 Å². The van der Waals surface area contributed by atoms with E-state index >= 15 is 0 Å². The van der Waals surface area contributed by atoms with Crippen LogP contribution in [0.4, 0.5) is 0 Å². The van der Waals surface area contributed by atoms with E-state index in [-0.39, 0.29) is 5.69 Å². The highest BCUT2D eigenvalue weighted by molar-refractivity contribution is 5.95. The summed E-state index contributed by atoms with van der Waals surface area (Å²) in [5.41, 5.74) is 7.22. The first-order chi connectivity index (χ1) is 18.1. The molecule has 0 atom stereocenters. The summed E-state index contributed by atoms with van der Waals surface area (Å²) in [7, 11) is 3.16. The zero-order valence-electron chi connectivity index (χ0n) is 20.8. The van der Waals surface area contributed by atoms with E-state index in [9.17, 15) is 4.79 Å². The predicted octanol–water partition coefficient (Wildman–Crippen LogP) is 5.78. The molecule has 0 aliphatic carbocycles. The van der Waals surface area contributed by atoms with Crippen LogP contribution in [-0.2, 0) is 0 Å². The molecule has 0 fully saturated rings. The van der Waals surface area contributed by atoms with Crippen molar-refractivity contribution in [2.24, 2.45) is 5.10 Å². The number of aryl methyl sites for hydroxylation is 1. The van der Waals surface area contributed by atoms with Crippen LogP contribution in [-0.4, -0.2) is 36.1 Å². The van der Waals surface area contributed by atoms with E-state index < -0.39 is 5.91 Å². The van der Waals surface area contributed by atoms with E-state index in [0.717, 1.165) is 33.3 Å². The lowest BCUT2D eigenvalue weighted by molar-refractivity contribution is 0.0949.